The zero-order valence-corrected chi connectivity index (χ0v) is 13.9. The van der Waals surface area contributed by atoms with Crippen molar-refractivity contribution in [3.8, 4) is 29.4 Å². The van der Waals surface area contributed by atoms with Crippen molar-refractivity contribution in [2.24, 2.45) is 0 Å². The SMILES string of the molecule is C#Cc1ccc(-c2nnc(NC(=O)C[C@@H](C)O)cc2C2CC2)c(O)c1. The van der Waals surface area contributed by atoms with Crippen LogP contribution in [0.25, 0.3) is 11.3 Å². The van der Waals surface area contributed by atoms with Crippen molar-refractivity contribution in [1.82, 2.24) is 10.2 Å². The maximum absolute atomic E-state index is 11.8. The van der Waals surface area contributed by atoms with Gasteiger partial charge in [-0.2, -0.15) is 0 Å². The van der Waals surface area contributed by atoms with Crippen LogP contribution in [0.5, 0.6) is 5.75 Å². The summed E-state index contributed by atoms with van der Waals surface area (Å²) in [6, 6.07) is 6.78. The number of anilines is 1. The number of amides is 1. The molecule has 1 saturated carbocycles. The molecule has 128 valence electrons. The summed E-state index contributed by atoms with van der Waals surface area (Å²) in [5.41, 5.74) is 2.68. The molecule has 25 heavy (non-hydrogen) atoms. The average Bonchev–Trinajstić information content (AvgIpc) is 3.39. The fourth-order valence-electron chi connectivity index (χ4n) is 2.67. The summed E-state index contributed by atoms with van der Waals surface area (Å²) in [7, 11) is 0. The lowest BCUT2D eigenvalue weighted by atomic mass is 10.0. The summed E-state index contributed by atoms with van der Waals surface area (Å²) >= 11 is 0. The van der Waals surface area contributed by atoms with E-state index in [0.717, 1.165) is 18.4 Å². The second-order valence-corrected chi connectivity index (χ2v) is 6.29. The molecule has 1 atom stereocenters. The van der Waals surface area contributed by atoms with Gasteiger partial charge in [-0.25, -0.2) is 0 Å². The molecule has 1 amide bonds. The highest BCUT2D eigenvalue weighted by atomic mass is 16.3. The fourth-order valence-corrected chi connectivity index (χ4v) is 2.67. The Hall–Kier alpha value is -2.91. The molecule has 3 rings (SSSR count). The highest BCUT2D eigenvalue weighted by molar-refractivity contribution is 5.90. The van der Waals surface area contributed by atoms with Gasteiger partial charge >= 0.3 is 0 Å². The predicted octanol–water partition coefficient (Wildman–Crippen LogP) is 2.42. The van der Waals surface area contributed by atoms with Gasteiger partial charge in [-0.1, -0.05) is 5.92 Å². The number of carbonyl (C=O) groups is 1. The van der Waals surface area contributed by atoms with Crippen LogP contribution in [0.3, 0.4) is 0 Å². The zero-order valence-electron chi connectivity index (χ0n) is 13.9. The number of aliphatic hydroxyl groups is 1. The minimum Gasteiger partial charge on any atom is -0.507 e. The Labute approximate surface area is 145 Å². The first-order chi connectivity index (χ1) is 12.0. The number of aliphatic hydroxyl groups excluding tert-OH is 1. The lowest BCUT2D eigenvalue weighted by molar-refractivity contribution is -0.117. The lowest BCUT2D eigenvalue weighted by Crippen LogP contribution is -2.18. The van der Waals surface area contributed by atoms with Gasteiger partial charge in [0.05, 0.1) is 12.5 Å². The monoisotopic (exact) mass is 337 g/mol. The maximum atomic E-state index is 11.8. The second kappa shape index (κ2) is 6.91. The van der Waals surface area contributed by atoms with Gasteiger partial charge in [0.15, 0.2) is 5.82 Å². The van der Waals surface area contributed by atoms with E-state index in [9.17, 15) is 15.0 Å². The Morgan fingerprint density at radius 2 is 2.16 bits per heavy atom. The Bertz CT molecular complexity index is 851. The van der Waals surface area contributed by atoms with Gasteiger partial charge in [-0.05, 0) is 55.5 Å². The van der Waals surface area contributed by atoms with Crippen LogP contribution in [0.1, 0.15) is 43.2 Å². The molecular formula is C19H19N3O3. The van der Waals surface area contributed by atoms with Gasteiger partial charge in [-0.3, -0.25) is 4.79 Å². The molecule has 1 heterocycles. The van der Waals surface area contributed by atoms with E-state index >= 15 is 0 Å². The van der Waals surface area contributed by atoms with Crippen molar-refractivity contribution in [3.63, 3.8) is 0 Å². The molecule has 0 radical (unpaired) electrons. The third kappa shape index (κ3) is 3.95. The quantitative estimate of drug-likeness (QED) is 0.728. The third-order valence-corrected chi connectivity index (χ3v) is 4.01. The number of phenolic OH excluding ortho intramolecular Hbond substituents is 1. The first kappa shape index (κ1) is 16.9. The molecule has 0 bridgehead atoms. The molecule has 2 aromatic rings. The van der Waals surface area contributed by atoms with Gasteiger partial charge in [-0.15, -0.1) is 16.6 Å². The molecule has 1 aromatic carbocycles. The summed E-state index contributed by atoms with van der Waals surface area (Å²) in [6.45, 7) is 1.55. The van der Waals surface area contributed by atoms with Crippen molar-refractivity contribution in [2.45, 2.75) is 38.2 Å². The van der Waals surface area contributed by atoms with Crippen LogP contribution in [0.4, 0.5) is 5.82 Å². The van der Waals surface area contributed by atoms with Gasteiger partial charge in [0.25, 0.3) is 0 Å². The summed E-state index contributed by atoms with van der Waals surface area (Å²) in [5, 5.41) is 30.4. The number of nitrogens with one attached hydrogen (secondary N) is 1. The lowest BCUT2D eigenvalue weighted by Gasteiger charge is -2.12. The topological polar surface area (TPSA) is 95.3 Å². The van der Waals surface area contributed by atoms with Crippen LogP contribution in [0.2, 0.25) is 0 Å². The van der Waals surface area contributed by atoms with Crippen molar-refractivity contribution in [1.29, 1.82) is 0 Å². The Balaban J connectivity index is 1.93. The molecule has 6 heteroatoms. The number of terminal acetylenes is 1. The summed E-state index contributed by atoms with van der Waals surface area (Å²) in [5.74, 6) is 2.89. The number of phenols is 1. The molecule has 6 nitrogen and oxygen atoms in total. The minimum absolute atomic E-state index is 0.00344. The molecule has 1 fully saturated rings. The fraction of sp³-hybridized carbons (Fsp3) is 0.316. The van der Waals surface area contributed by atoms with Crippen molar-refractivity contribution < 1.29 is 15.0 Å². The molecule has 0 unspecified atom stereocenters. The molecule has 3 N–H and O–H groups in total. The predicted molar refractivity (Wildman–Crippen MR) is 94.0 cm³/mol. The Kier molecular flexibility index (Phi) is 4.68. The number of hydrogen-bond donors (Lipinski definition) is 3. The number of carbonyl (C=O) groups excluding carboxylic acids is 1. The van der Waals surface area contributed by atoms with Crippen LogP contribution in [0, 0.1) is 12.3 Å². The molecule has 1 aliphatic rings. The highest BCUT2D eigenvalue weighted by Gasteiger charge is 2.29. The molecule has 1 aliphatic carbocycles. The van der Waals surface area contributed by atoms with E-state index in [2.05, 4.69) is 21.4 Å². The van der Waals surface area contributed by atoms with Crippen LogP contribution in [-0.2, 0) is 4.79 Å². The number of aromatic nitrogens is 2. The number of rotatable bonds is 5. The van der Waals surface area contributed by atoms with E-state index < -0.39 is 6.10 Å². The molecular weight excluding hydrogens is 318 g/mol. The van der Waals surface area contributed by atoms with Crippen molar-refractivity contribution in [3.05, 3.63) is 35.4 Å². The average molecular weight is 337 g/mol. The second-order valence-electron chi connectivity index (χ2n) is 6.29. The number of aromatic hydroxyl groups is 1. The maximum Gasteiger partial charge on any atom is 0.228 e. The smallest absolute Gasteiger partial charge is 0.228 e. The molecule has 1 aromatic heterocycles. The van der Waals surface area contributed by atoms with Crippen molar-refractivity contribution in [2.75, 3.05) is 5.32 Å². The van der Waals surface area contributed by atoms with Gasteiger partial charge in [0.1, 0.15) is 11.4 Å². The van der Waals surface area contributed by atoms with Gasteiger partial charge in [0.2, 0.25) is 5.91 Å². The number of benzene rings is 1. The Morgan fingerprint density at radius 3 is 2.76 bits per heavy atom. The summed E-state index contributed by atoms with van der Waals surface area (Å²) in [4.78, 5) is 11.8. The summed E-state index contributed by atoms with van der Waals surface area (Å²) < 4.78 is 0. The van der Waals surface area contributed by atoms with Crippen LogP contribution in [0.15, 0.2) is 24.3 Å². The first-order valence-electron chi connectivity index (χ1n) is 8.13. The normalized spacial score (nSPS) is 14.6. The molecule has 0 saturated heterocycles. The van der Waals surface area contributed by atoms with Crippen LogP contribution < -0.4 is 5.32 Å². The van der Waals surface area contributed by atoms with E-state index in [1.807, 2.05) is 0 Å². The van der Waals surface area contributed by atoms with E-state index in [1.165, 1.54) is 6.07 Å². The standard InChI is InChI=1S/C19H19N3O3/c1-3-12-4-7-14(16(24)9-12)19-15(13-5-6-13)10-17(21-22-19)20-18(25)8-11(2)23/h1,4,7,9-11,13,23-24H,5-6,8H2,2H3,(H,20,21,25)/t11-/m1/s1. The van der Waals surface area contributed by atoms with E-state index in [-0.39, 0.29) is 18.1 Å². The van der Waals surface area contributed by atoms with E-state index in [4.69, 9.17) is 6.42 Å². The molecule has 0 spiro atoms. The third-order valence-electron chi connectivity index (χ3n) is 4.01. The Morgan fingerprint density at radius 1 is 1.40 bits per heavy atom. The van der Waals surface area contributed by atoms with Gasteiger partial charge < -0.3 is 15.5 Å². The van der Waals surface area contributed by atoms with Crippen LogP contribution >= 0.6 is 0 Å². The first-order valence-corrected chi connectivity index (χ1v) is 8.13. The summed E-state index contributed by atoms with van der Waals surface area (Å²) in [6.07, 6.45) is 6.69. The minimum atomic E-state index is -0.721. The highest BCUT2D eigenvalue weighted by Crippen LogP contribution is 2.45. The van der Waals surface area contributed by atoms with E-state index in [0.29, 0.717) is 28.6 Å². The largest absolute Gasteiger partial charge is 0.507 e. The molecule has 0 aliphatic heterocycles. The van der Waals surface area contributed by atoms with E-state index in [1.54, 1.807) is 25.1 Å². The number of nitrogens with zero attached hydrogens (tertiary/aromatic N) is 2. The van der Waals surface area contributed by atoms with Crippen LogP contribution in [-0.4, -0.2) is 32.4 Å². The number of hydrogen-bond acceptors (Lipinski definition) is 5. The van der Waals surface area contributed by atoms with Gasteiger partial charge in [0, 0.05) is 11.1 Å². The van der Waals surface area contributed by atoms with Crippen molar-refractivity contribution >= 4 is 11.7 Å². The zero-order chi connectivity index (χ0) is 18.0.